The van der Waals surface area contributed by atoms with Crippen LogP contribution in [0.2, 0.25) is 0 Å². The Kier molecular flexibility index (Phi) is 4.44. The Labute approximate surface area is 160 Å². The van der Waals surface area contributed by atoms with Gasteiger partial charge in [-0.05, 0) is 18.2 Å². The molecule has 0 fully saturated rings. The van der Waals surface area contributed by atoms with Crippen LogP contribution < -0.4 is 20.3 Å². The van der Waals surface area contributed by atoms with Gasteiger partial charge in [-0.3, -0.25) is 30.1 Å². The van der Waals surface area contributed by atoms with Crippen molar-refractivity contribution in [1.29, 1.82) is 0 Å². The predicted molar refractivity (Wildman–Crippen MR) is 99.2 cm³/mol. The van der Waals surface area contributed by atoms with Crippen LogP contribution >= 0.6 is 0 Å². The third-order valence-corrected chi connectivity index (χ3v) is 4.47. The molecule has 0 spiro atoms. The molecule has 0 aliphatic carbocycles. The zero-order valence-corrected chi connectivity index (χ0v) is 14.8. The van der Waals surface area contributed by atoms with Gasteiger partial charge in [-0.15, -0.1) is 0 Å². The number of hydrogen-bond acceptors (Lipinski definition) is 5. The lowest BCUT2D eigenvalue weighted by molar-refractivity contribution is -0.135. The molecular formula is C20H17N3O5. The molecular weight excluding hydrogens is 362 g/mol. The number of nitrogens with zero attached hydrogens (tertiary/aromatic N) is 1. The fraction of sp³-hybridized carbons (Fsp3) is 0.150. The third-order valence-electron chi connectivity index (χ3n) is 4.47. The van der Waals surface area contributed by atoms with Crippen molar-refractivity contribution in [3.8, 4) is 11.5 Å². The van der Waals surface area contributed by atoms with E-state index in [1.807, 2.05) is 0 Å². The van der Waals surface area contributed by atoms with Crippen molar-refractivity contribution in [2.45, 2.75) is 6.10 Å². The van der Waals surface area contributed by atoms with E-state index in [2.05, 4.69) is 17.4 Å². The van der Waals surface area contributed by atoms with E-state index in [9.17, 15) is 14.4 Å². The minimum absolute atomic E-state index is 0.0233. The van der Waals surface area contributed by atoms with Crippen molar-refractivity contribution in [2.24, 2.45) is 0 Å². The van der Waals surface area contributed by atoms with Crippen LogP contribution in [0.3, 0.4) is 0 Å². The van der Waals surface area contributed by atoms with Gasteiger partial charge in [0.05, 0.1) is 0 Å². The Morgan fingerprint density at radius 2 is 1.71 bits per heavy atom. The standard InChI is InChI=1S/C20H17N3O5/c1-12-13-6-2-3-7-14(13)20(26)23(12)10-18(24)21-22-19(25)17-11-27-15-8-4-5-9-16(15)28-17/h2-9,17H,1,10-11H2,(H,21,24)(H,22,25). The fourth-order valence-electron chi connectivity index (χ4n) is 3.05. The average Bonchev–Trinajstić information content (AvgIpc) is 2.97. The molecule has 28 heavy (non-hydrogen) atoms. The first-order chi connectivity index (χ1) is 13.5. The molecule has 142 valence electrons. The van der Waals surface area contributed by atoms with Crippen LogP contribution in [-0.4, -0.2) is 41.9 Å². The lowest BCUT2D eigenvalue weighted by Gasteiger charge is -2.25. The third kappa shape index (κ3) is 3.16. The summed E-state index contributed by atoms with van der Waals surface area (Å²) in [5.74, 6) is -0.411. The Balaban J connectivity index is 1.31. The zero-order chi connectivity index (χ0) is 19.7. The summed E-state index contributed by atoms with van der Waals surface area (Å²) in [7, 11) is 0. The lowest BCUT2D eigenvalue weighted by Crippen LogP contribution is -2.52. The van der Waals surface area contributed by atoms with Gasteiger partial charge in [-0.2, -0.15) is 0 Å². The molecule has 2 heterocycles. The Bertz CT molecular complexity index is 952. The number of rotatable bonds is 3. The van der Waals surface area contributed by atoms with E-state index in [4.69, 9.17) is 9.47 Å². The monoisotopic (exact) mass is 379 g/mol. The summed E-state index contributed by atoms with van der Waals surface area (Å²) in [6.45, 7) is 3.63. The molecule has 3 amide bonds. The van der Waals surface area contributed by atoms with E-state index in [0.717, 1.165) is 0 Å². The fourth-order valence-corrected chi connectivity index (χ4v) is 3.05. The van der Waals surface area contributed by atoms with Gasteiger partial charge >= 0.3 is 0 Å². The smallest absolute Gasteiger partial charge is 0.283 e. The summed E-state index contributed by atoms with van der Waals surface area (Å²) < 4.78 is 11.0. The molecule has 1 atom stereocenters. The van der Waals surface area contributed by atoms with Crippen LogP contribution in [0.5, 0.6) is 11.5 Å². The highest BCUT2D eigenvalue weighted by Crippen LogP contribution is 2.31. The number of amides is 3. The topological polar surface area (TPSA) is 97.0 Å². The number of carbonyl (C=O) groups excluding carboxylic acids is 3. The van der Waals surface area contributed by atoms with Crippen LogP contribution in [0.1, 0.15) is 15.9 Å². The van der Waals surface area contributed by atoms with Gasteiger partial charge in [-0.25, -0.2) is 0 Å². The van der Waals surface area contributed by atoms with Crippen molar-refractivity contribution < 1.29 is 23.9 Å². The van der Waals surface area contributed by atoms with Crippen LogP contribution in [0.4, 0.5) is 0 Å². The number of hydrogen-bond donors (Lipinski definition) is 2. The first-order valence-corrected chi connectivity index (χ1v) is 8.62. The van der Waals surface area contributed by atoms with E-state index >= 15 is 0 Å². The minimum Gasteiger partial charge on any atom is -0.485 e. The summed E-state index contributed by atoms with van der Waals surface area (Å²) >= 11 is 0. The molecule has 2 aliphatic heterocycles. The number of fused-ring (bicyclic) bond motifs is 2. The summed E-state index contributed by atoms with van der Waals surface area (Å²) in [6.07, 6.45) is -0.900. The molecule has 2 aliphatic rings. The first-order valence-electron chi connectivity index (χ1n) is 8.62. The Morgan fingerprint density at radius 3 is 2.46 bits per heavy atom. The Hall–Kier alpha value is -3.81. The summed E-state index contributed by atoms with van der Waals surface area (Å²) in [6, 6.07) is 14.0. The highest BCUT2D eigenvalue weighted by molar-refractivity contribution is 6.10. The first kappa shape index (κ1) is 17.6. The summed E-state index contributed by atoms with van der Waals surface area (Å²) in [4.78, 5) is 38.1. The number of benzene rings is 2. The van der Waals surface area contributed by atoms with Crippen LogP contribution in [-0.2, 0) is 9.59 Å². The van der Waals surface area contributed by atoms with Gasteiger partial charge in [0.25, 0.3) is 17.7 Å². The molecule has 2 aromatic rings. The number of hydrazine groups is 1. The van der Waals surface area contributed by atoms with Gasteiger partial charge in [0.2, 0.25) is 6.10 Å². The van der Waals surface area contributed by atoms with E-state index < -0.39 is 17.9 Å². The predicted octanol–water partition coefficient (Wildman–Crippen LogP) is 1.10. The number of nitrogens with one attached hydrogen (secondary N) is 2. The lowest BCUT2D eigenvalue weighted by atomic mass is 10.1. The van der Waals surface area contributed by atoms with Gasteiger partial charge in [0.15, 0.2) is 11.5 Å². The SMILES string of the molecule is C=C1c2ccccc2C(=O)N1CC(=O)NNC(=O)C1COc2ccccc2O1. The molecule has 2 N–H and O–H groups in total. The average molecular weight is 379 g/mol. The second-order valence-corrected chi connectivity index (χ2v) is 6.29. The molecule has 2 aromatic carbocycles. The number of ether oxygens (including phenoxy) is 2. The van der Waals surface area contributed by atoms with Crippen LogP contribution in [0.15, 0.2) is 55.1 Å². The van der Waals surface area contributed by atoms with E-state index in [1.54, 1.807) is 48.5 Å². The Morgan fingerprint density at radius 1 is 1.04 bits per heavy atom. The quantitative estimate of drug-likeness (QED) is 0.779. The largest absolute Gasteiger partial charge is 0.485 e. The van der Waals surface area contributed by atoms with Gasteiger partial charge in [-0.1, -0.05) is 36.9 Å². The maximum absolute atomic E-state index is 12.4. The van der Waals surface area contributed by atoms with Crippen molar-refractivity contribution in [1.82, 2.24) is 15.8 Å². The normalized spacial score (nSPS) is 17.1. The number of carbonyl (C=O) groups is 3. The highest BCUT2D eigenvalue weighted by atomic mass is 16.6. The van der Waals surface area contributed by atoms with Gasteiger partial charge in [0, 0.05) is 16.8 Å². The molecule has 0 aromatic heterocycles. The van der Waals surface area contributed by atoms with E-state index in [-0.39, 0.29) is 19.1 Å². The molecule has 0 saturated carbocycles. The maximum Gasteiger partial charge on any atom is 0.283 e. The molecule has 4 rings (SSSR count). The molecule has 0 radical (unpaired) electrons. The van der Waals surface area contributed by atoms with E-state index in [1.165, 1.54) is 4.90 Å². The van der Waals surface area contributed by atoms with Gasteiger partial charge < -0.3 is 9.47 Å². The molecule has 0 saturated heterocycles. The van der Waals surface area contributed by atoms with Crippen molar-refractivity contribution >= 4 is 23.4 Å². The highest BCUT2D eigenvalue weighted by Gasteiger charge is 2.32. The van der Waals surface area contributed by atoms with Crippen molar-refractivity contribution in [3.05, 3.63) is 66.2 Å². The van der Waals surface area contributed by atoms with Crippen molar-refractivity contribution in [2.75, 3.05) is 13.2 Å². The second kappa shape index (κ2) is 7.07. The number of para-hydroxylation sites is 2. The second-order valence-electron chi connectivity index (χ2n) is 6.29. The zero-order valence-electron chi connectivity index (χ0n) is 14.8. The maximum atomic E-state index is 12.4. The van der Waals surface area contributed by atoms with E-state index in [0.29, 0.717) is 28.3 Å². The summed E-state index contributed by atoms with van der Waals surface area (Å²) in [5, 5.41) is 0. The molecule has 8 nitrogen and oxygen atoms in total. The summed E-state index contributed by atoms with van der Waals surface area (Å²) in [5.41, 5.74) is 6.22. The molecule has 0 bridgehead atoms. The van der Waals surface area contributed by atoms with Crippen molar-refractivity contribution in [3.63, 3.8) is 0 Å². The molecule has 8 heteroatoms. The molecule has 1 unspecified atom stereocenters. The van der Waals surface area contributed by atoms with Gasteiger partial charge in [0.1, 0.15) is 13.2 Å². The minimum atomic E-state index is -0.900. The van der Waals surface area contributed by atoms with Crippen LogP contribution in [0.25, 0.3) is 5.70 Å². The van der Waals surface area contributed by atoms with Crippen LogP contribution in [0, 0.1) is 0 Å².